The van der Waals surface area contributed by atoms with Crippen molar-refractivity contribution in [3.05, 3.63) is 65.6 Å². The summed E-state index contributed by atoms with van der Waals surface area (Å²) in [5, 5.41) is 3.30. The molecule has 0 spiro atoms. The van der Waals surface area contributed by atoms with E-state index in [2.05, 4.69) is 34.5 Å². The number of aromatic nitrogens is 2. The Morgan fingerprint density at radius 2 is 2.15 bits per heavy atom. The van der Waals surface area contributed by atoms with Gasteiger partial charge < -0.3 is 20.2 Å². The molecule has 7 heteroatoms. The zero-order valence-corrected chi connectivity index (χ0v) is 16.9. The molecule has 3 aromatic rings. The summed E-state index contributed by atoms with van der Waals surface area (Å²) in [5.41, 5.74) is 10.2. The molecule has 1 aliphatic heterocycles. The highest BCUT2D eigenvalue weighted by molar-refractivity contribution is 14.0. The molecule has 0 saturated carbocycles. The molecular weight excluding hydrogens is 441 g/mol. The van der Waals surface area contributed by atoms with Crippen LogP contribution >= 0.6 is 24.0 Å². The van der Waals surface area contributed by atoms with Gasteiger partial charge in [0, 0.05) is 24.4 Å². The van der Waals surface area contributed by atoms with Crippen molar-refractivity contribution in [2.45, 2.75) is 25.9 Å². The Morgan fingerprint density at radius 1 is 1.31 bits per heavy atom. The molecule has 2 aromatic heterocycles. The minimum atomic E-state index is 0. The second kappa shape index (κ2) is 7.94. The molecule has 1 unspecified atom stereocenters. The van der Waals surface area contributed by atoms with Crippen LogP contribution in [0.25, 0.3) is 5.65 Å². The highest BCUT2D eigenvalue weighted by Crippen LogP contribution is 2.31. The predicted octanol–water partition coefficient (Wildman–Crippen LogP) is 3.19. The molecular formula is C19H22IN5O. The number of nitrogens with one attached hydrogen (secondary N) is 1. The first kappa shape index (κ1) is 18.5. The molecule has 3 N–H and O–H groups in total. The van der Waals surface area contributed by atoms with Crippen LogP contribution in [0.3, 0.4) is 0 Å². The van der Waals surface area contributed by atoms with Crippen molar-refractivity contribution in [3.8, 4) is 5.75 Å². The Hall–Kier alpha value is -2.29. The molecule has 0 aliphatic carbocycles. The minimum Gasteiger partial charge on any atom is -0.493 e. The van der Waals surface area contributed by atoms with Crippen LogP contribution in [0.4, 0.5) is 0 Å². The first-order valence-electron chi connectivity index (χ1n) is 8.41. The largest absolute Gasteiger partial charge is 0.493 e. The van der Waals surface area contributed by atoms with Gasteiger partial charge in [-0.15, -0.1) is 24.0 Å². The van der Waals surface area contributed by atoms with Crippen LogP contribution in [0.5, 0.6) is 5.75 Å². The maximum Gasteiger partial charge on any atom is 0.189 e. The van der Waals surface area contributed by atoms with E-state index in [-0.39, 0.29) is 30.0 Å². The van der Waals surface area contributed by atoms with Gasteiger partial charge in [-0.3, -0.25) is 0 Å². The summed E-state index contributed by atoms with van der Waals surface area (Å²) in [7, 11) is 0. The number of pyridine rings is 1. The molecule has 1 aliphatic rings. The monoisotopic (exact) mass is 463 g/mol. The van der Waals surface area contributed by atoms with Gasteiger partial charge in [0.1, 0.15) is 11.4 Å². The minimum absolute atomic E-state index is 0. The molecule has 3 heterocycles. The Labute approximate surface area is 169 Å². The number of aryl methyl sites for hydroxylation is 1. The van der Waals surface area contributed by atoms with Crippen LogP contribution in [0.15, 0.2) is 53.8 Å². The second-order valence-electron chi connectivity index (χ2n) is 6.28. The second-order valence-corrected chi connectivity index (χ2v) is 6.28. The number of nitrogens with zero attached hydrogens (tertiary/aromatic N) is 3. The van der Waals surface area contributed by atoms with Crippen molar-refractivity contribution >= 4 is 35.6 Å². The quantitative estimate of drug-likeness (QED) is 0.356. The van der Waals surface area contributed by atoms with Crippen molar-refractivity contribution in [3.63, 3.8) is 0 Å². The van der Waals surface area contributed by atoms with E-state index >= 15 is 0 Å². The van der Waals surface area contributed by atoms with Crippen LogP contribution in [0.1, 0.15) is 29.3 Å². The topological polar surface area (TPSA) is 76.9 Å². The van der Waals surface area contributed by atoms with E-state index in [0.29, 0.717) is 19.1 Å². The first-order valence-corrected chi connectivity index (χ1v) is 8.41. The lowest BCUT2D eigenvalue weighted by atomic mass is 10.0. The predicted molar refractivity (Wildman–Crippen MR) is 113 cm³/mol. The number of halogens is 1. The van der Waals surface area contributed by atoms with Gasteiger partial charge in [0.15, 0.2) is 5.96 Å². The van der Waals surface area contributed by atoms with Crippen LogP contribution in [-0.2, 0) is 6.54 Å². The molecule has 136 valence electrons. The molecule has 0 bridgehead atoms. The van der Waals surface area contributed by atoms with Crippen molar-refractivity contribution in [2.24, 2.45) is 10.7 Å². The van der Waals surface area contributed by atoms with Gasteiger partial charge >= 0.3 is 0 Å². The average molecular weight is 463 g/mol. The third-order valence-electron chi connectivity index (χ3n) is 4.34. The van der Waals surface area contributed by atoms with Crippen molar-refractivity contribution in [1.82, 2.24) is 14.7 Å². The third-order valence-corrected chi connectivity index (χ3v) is 4.34. The summed E-state index contributed by atoms with van der Waals surface area (Å²) in [6.45, 7) is 3.18. The van der Waals surface area contributed by atoms with E-state index in [4.69, 9.17) is 10.5 Å². The Morgan fingerprint density at radius 3 is 3.04 bits per heavy atom. The van der Waals surface area contributed by atoms with Crippen LogP contribution < -0.4 is 15.8 Å². The Balaban J connectivity index is 0.00000196. The molecule has 0 saturated heterocycles. The highest BCUT2D eigenvalue weighted by atomic mass is 127. The summed E-state index contributed by atoms with van der Waals surface area (Å²) in [4.78, 5) is 9.01. The molecule has 0 radical (unpaired) electrons. The van der Waals surface area contributed by atoms with Gasteiger partial charge in [0.05, 0.1) is 24.9 Å². The van der Waals surface area contributed by atoms with Gasteiger partial charge in [-0.25, -0.2) is 9.98 Å². The standard InChI is InChI=1S/C19H21N5O.HI/c1-13-6-7-18-22-14(12-24(18)11-13)10-21-19(20)23-16-8-9-25-17-5-3-2-4-15(16)17;/h2-7,11-12,16H,8-10H2,1H3,(H3,20,21,23);1H. The Kier molecular flexibility index (Phi) is 5.65. The number of ether oxygens (including phenoxy) is 1. The number of para-hydroxylation sites is 1. The normalized spacial score (nSPS) is 16.5. The summed E-state index contributed by atoms with van der Waals surface area (Å²) in [6, 6.07) is 12.2. The SMILES string of the molecule is Cc1ccc2nc(CN=C(N)NC3CCOc4ccccc43)cn2c1.I. The average Bonchev–Trinajstić information content (AvgIpc) is 3.02. The zero-order chi connectivity index (χ0) is 17.2. The summed E-state index contributed by atoms with van der Waals surface area (Å²) < 4.78 is 7.69. The number of nitrogens with two attached hydrogens (primary N) is 1. The van der Waals surface area contributed by atoms with E-state index in [1.165, 1.54) is 5.56 Å². The summed E-state index contributed by atoms with van der Waals surface area (Å²) in [6.07, 6.45) is 4.90. The maximum absolute atomic E-state index is 6.09. The molecule has 6 nitrogen and oxygen atoms in total. The molecule has 1 aromatic carbocycles. The lowest BCUT2D eigenvalue weighted by Gasteiger charge is -2.26. The number of imidazole rings is 1. The lowest BCUT2D eigenvalue weighted by molar-refractivity contribution is 0.262. The van der Waals surface area contributed by atoms with Crippen LogP contribution in [-0.4, -0.2) is 22.0 Å². The van der Waals surface area contributed by atoms with Crippen molar-refractivity contribution in [1.29, 1.82) is 0 Å². The number of aliphatic imine (C=N–C) groups is 1. The first-order chi connectivity index (χ1) is 12.2. The third kappa shape index (κ3) is 3.92. The number of rotatable bonds is 3. The van der Waals surface area contributed by atoms with E-state index < -0.39 is 0 Å². The smallest absolute Gasteiger partial charge is 0.189 e. The van der Waals surface area contributed by atoms with Crippen LogP contribution in [0, 0.1) is 6.92 Å². The highest BCUT2D eigenvalue weighted by Gasteiger charge is 2.21. The number of fused-ring (bicyclic) bond motifs is 2. The van der Waals surface area contributed by atoms with E-state index in [1.54, 1.807) is 0 Å². The fourth-order valence-electron chi connectivity index (χ4n) is 3.11. The van der Waals surface area contributed by atoms with Gasteiger partial charge in [-0.05, 0) is 24.6 Å². The van der Waals surface area contributed by atoms with Gasteiger partial charge in [0.2, 0.25) is 0 Å². The molecule has 26 heavy (non-hydrogen) atoms. The maximum atomic E-state index is 6.09. The van der Waals surface area contributed by atoms with E-state index in [1.807, 2.05) is 40.9 Å². The molecule has 0 amide bonds. The molecule has 0 fully saturated rings. The number of hydrogen-bond acceptors (Lipinski definition) is 3. The van der Waals surface area contributed by atoms with Gasteiger partial charge in [-0.1, -0.05) is 24.3 Å². The zero-order valence-electron chi connectivity index (χ0n) is 14.6. The summed E-state index contributed by atoms with van der Waals surface area (Å²) >= 11 is 0. The fraction of sp³-hybridized carbons (Fsp3) is 0.263. The van der Waals surface area contributed by atoms with Crippen LogP contribution in [0.2, 0.25) is 0 Å². The number of hydrogen-bond donors (Lipinski definition) is 2. The summed E-state index contributed by atoms with van der Waals surface area (Å²) in [5.74, 6) is 1.34. The Bertz CT molecular complexity index is 937. The molecule has 4 rings (SSSR count). The van der Waals surface area contributed by atoms with Gasteiger partial charge in [-0.2, -0.15) is 0 Å². The number of benzene rings is 1. The van der Waals surface area contributed by atoms with Crippen molar-refractivity contribution in [2.75, 3.05) is 6.61 Å². The van der Waals surface area contributed by atoms with Gasteiger partial charge in [0.25, 0.3) is 0 Å². The van der Waals surface area contributed by atoms with Crippen molar-refractivity contribution < 1.29 is 4.74 Å². The fourth-order valence-corrected chi connectivity index (χ4v) is 3.11. The van der Waals surface area contributed by atoms with E-state index in [0.717, 1.165) is 29.1 Å². The molecule has 1 atom stereocenters. The number of guanidine groups is 1. The van der Waals surface area contributed by atoms with E-state index in [9.17, 15) is 0 Å². The lowest BCUT2D eigenvalue weighted by Crippen LogP contribution is -2.37.